The molecule has 0 saturated carbocycles. The van der Waals surface area contributed by atoms with Gasteiger partial charge < -0.3 is 14.4 Å². The molecule has 1 atom stereocenters. The lowest BCUT2D eigenvalue weighted by Gasteiger charge is -2.39. The van der Waals surface area contributed by atoms with E-state index in [9.17, 15) is 23.1 Å². The monoisotopic (exact) mass is 502 g/mol. The summed E-state index contributed by atoms with van der Waals surface area (Å²) in [4.78, 5) is 17.0. The zero-order chi connectivity index (χ0) is 25.4. The van der Waals surface area contributed by atoms with Crippen LogP contribution in [-0.4, -0.2) is 33.5 Å². The fourth-order valence-corrected chi connectivity index (χ4v) is 5.20. The van der Waals surface area contributed by atoms with Gasteiger partial charge in [-0.3, -0.25) is 9.78 Å². The van der Waals surface area contributed by atoms with Gasteiger partial charge in [0.1, 0.15) is 5.75 Å². The van der Waals surface area contributed by atoms with E-state index in [0.717, 1.165) is 10.4 Å². The van der Waals surface area contributed by atoms with E-state index in [-0.39, 0.29) is 16.3 Å². The maximum Gasteiger partial charge on any atom is 0.418 e. The first-order chi connectivity index (χ1) is 16.4. The first kappa shape index (κ1) is 24.9. The zero-order valence-electron chi connectivity index (χ0n) is 19.5. The first-order valence-electron chi connectivity index (χ1n) is 10.9. The third kappa shape index (κ3) is 4.83. The Morgan fingerprint density at radius 2 is 1.91 bits per heavy atom. The fraction of sp³-hybridized carbons (Fsp3) is 0.308. The lowest BCUT2D eigenvalue weighted by atomic mass is 9.74. The maximum absolute atomic E-state index is 14.4. The number of ether oxygens (including phenoxy) is 1. The average Bonchev–Trinajstić information content (AvgIpc) is 3.35. The highest BCUT2D eigenvalue weighted by atomic mass is 32.1. The predicted molar refractivity (Wildman–Crippen MR) is 131 cm³/mol. The highest BCUT2D eigenvalue weighted by Crippen LogP contribution is 2.45. The third-order valence-corrected chi connectivity index (χ3v) is 7.13. The molecular formula is C26H25F3N2O3S. The molecule has 0 bridgehead atoms. The molecule has 3 heterocycles. The zero-order valence-corrected chi connectivity index (χ0v) is 20.3. The summed E-state index contributed by atoms with van der Waals surface area (Å²) < 4.78 is 50.0. The van der Waals surface area contributed by atoms with Crippen LogP contribution in [0.3, 0.4) is 0 Å². The molecule has 1 unspecified atom stereocenters. The van der Waals surface area contributed by atoms with Gasteiger partial charge in [0.2, 0.25) is 0 Å². The van der Waals surface area contributed by atoms with Gasteiger partial charge in [0, 0.05) is 35.1 Å². The number of rotatable bonds is 7. The van der Waals surface area contributed by atoms with Crippen LogP contribution in [-0.2, 0) is 12.0 Å². The Balaban J connectivity index is 1.77. The minimum Gasteiger partial charge on any atom is -0.496 e. The lowest BCUT2D eigenvalue weighted by Crippen LogP contribution is -2.52. The lowest BCUT2D eigenvalue weighted by molar-refractivity contribution is -0.271. The van der Waals surface area contributed by atoms with Gasteiger partial charge in [0.25, 0.3) is 0 Å². The summed E-state index contributed by atoms with van der Waals surface area (Å²) in [5, 5.41) is 13.3. The molecule has 0 fully saturated rings. The molecule has 3 aromatic heterocycles. The normalized spacial score (nSPS) is 14.1. The highest BCUT2D eigenvalue weighted by Gasteiger charge is 2.56. The van der Waals surface area contributed by atoms with Gasteiger partial charge >= 0.3 is 6.18 Å². The smallest absolute Gasteiger partial charge is 0.418 e. The molecule has 0 aliphatic rings. The van der Waals surface area contributed by atoms with E-state index in [2.05, 4.69) is 4.98 Å². The van der Waals surface area contributed by atoms with Crippen molar-refractivity contribution in [2.24, 2.45) is 0 Å². The second kappa shape index (κ2) is 9.13. The van der Waals surface area contributed by atoms with E-state index in [1.807, 2.05) is 29.6 Å². The van der Waals surface area contributed by atoms with Crippen molar-refractivity contribution < 1.29 is 23.0 Å². The van der Waals surface area contributed by atoms with Gasteiger partial charge in [0.15, 0.2) is 11.0 Å². The highest BCUT2D eigenvalue weighted by molar-refractivity contribution is 7.13. The van der Waals surface area contributed by atoms with Gasteiger partial charge in [-0.25, -0.2) is 0 Å². The van der Waals surface area contributed by atoms with Gasteiger partial charge in [0.05, 0.1) is 24.6 Å². The van der Waals surface area contributed by atoms with Crippen molar-refractivity contribution in [3.63, 3.8) is 0 Å². The summed E-state index contributed by atoms with van der Waals surface area (Å²) in [6.45, 7) is 2.54. The number of thiophene rings is 1. The molecule has 4 aromatic rings. The standard InChI is InChI=1S/C26H25F3N2O3S/c1-24(2,19-13-17(6-7-22(19)34-3)23-5-4-12-35-23)15-25(33,26(27,28)29)16-31-11-9-21(32)18-14-30-10-8-20(18)31/h4-14,33H,15-16H2,1-3H3. The summed E-state index contributed by atoms with van der Waals surface area (Å²) in [6.07, 6.45) is -1.59. The van der Waals surface area contributed by atoms with Gasteiger partial charge in [-0.1, -0.05) is 19.9 Å². The van der Waals surface area contributed by atoms with Gasteiger partial charge in [-0.05, 0) is 53.1 Å². The van der Waals surface area contributed by atoms with Crippen molar-refractivity contribution in [1.82, 2.24) is 9.55 Å². The molecule has 4 rings (SSSR count). The molecular weight excluding hydrogens is 477 g/mol. The van der Waals surface area contributed by atoms with Crippen LogP contribution in [0.4, 0.5) is 13.2 Å². The molecule has 0 saturated heterocycles. The second-order valence-corrected chi connectivity index (χ2v) is 10.1. The molecule has 0 aliphatic carbocycles. The minimum absolute atomic E-state index is 0.184. The van der Waals surface area contributed by atoms with Gasteiger partial charge in [-0.15, -0.1) is 11.3 Å². The van der Waals surface area contributed by atoms with Crippen LogP contribution in [0, 0.1) is 0 Å². The van der Waals surface area contributed by atoms with Crippen LogP contribution in [0.25, 0.3) is 21.3 Å². The Morgan fingerprint density at radius 1 is 1.14 bits per heavy atom. The van der Waals surface area contributed by atoms with Crippen LogP contribution < -0.4 is 10.2 Å². The van der Waals surface area contributed by atoms with Crippen LogP contribution in [0.2, 0.25) is 0 Å². The summed E-state index contributed by atoms with van der Waals surface area (Å²) in [5.41, 5.74) is -2.88. The van der Waals surface area contributed by atoms with Crippen LogP contribution in [0.15, 0.2) is 71.2 Å². The molecule has 35 heavy (non-hydrogen) atoms. The first-order valence-corrected chi connectivity index (χ1v) is 11.8. The van der Waals surface area contributed by atoms with Crippen molar-refractivity contribution in [2.75, 3.05) is 7.11 Å². The number of halogens is 3. The van der Waals surface area contributed by atoms with E-state index in [4.69, 9.17) is 4.74 Å². The van der Waals surface area contributed by atoms with Crippen LogP contribution >= 0.6 is 11.3 Å². The van der Waals surface area contributed by atoms with Crippen molar-refractivity contribution in [1.29, 1.82) is 0 Å². The average molecular weight is 503 g/mol. The summed E-state index contributed by atoms with van der Waals surface area (Å²) >= 11 is 1.53. The molecule has 5 nitrogen and oxygen atoms in total. The minimum atomic E-state index is -4.94. The van der Waals surface area contributed by atoms with Crippen molar-refractivity contribution >= 4 is 22.2 Å². The molecule has 0 spiro atoms. The van der Waals surface area contributed by atoms with E-state index in [1.165, 1.54) is 53.7 Å². The molecule has 0 radical (unpaired) electrons. The number of aromatic nitrogens is 2. The topological polar surface area (TPSA) is 64.3 Å². The second-order valence-electron chi connectivity index (χ2n) is 9.18. The number of aliphatic hydroxyl groups is 1. The van der Waals surface area contributed by atoms with Crippen LogP contribution in [0.5, 0.6) is 5.75 Å². The molecule has 1 N–H and O–H groups in total. The largest absolute Gasteiger partial charge is 0.496 e. The van der Waals surface area contributed by atoms with E-state index >= 15 is 0 Å². The number of pyridine rings is 2. The van der Waals surface area contributed by atoms with E-state index in [1.54, 1.807) is 19.9 Å². The van der Waals surface area contributed by atoms with Crippen LogP contribution in [0.1, 0.15) is 25.8 Å². The van der Waals surface area contributed by atoms with Crippen molar-refractivity contribution in [3.05, 3.63) is 82.2 Å². The number of fused-ring (bicyclic) bond motifs is 1. The van der Waals surface area contributed by atoms with Crippen molar-refractivity contribution in [3.8, 4) is 16.2 Å². The molecule has 9 heteroatoms. The van der Waals surface area contributed by atoms with Crippen molar-refractivity contribution in [2.45, 2.75) is 44.0 Å². The van der Waals surface area contributed by atoms with E-state index in [0.29, 0.717) is 11.3 Å². The SMILES string of the molecule is COc1ccc(-c2cccs2)cc1C(C)(C)CC(O)(Cn1ccc(=O)c2cnccc21)C(F)(F)F. The number of methoxy groups -OCH3 is 1. The molecule has 1 aromatic carbocycles. The number of benzene rings is 1. The predicted octanol–water partition coefficient (Wildman–Crippen LogP) is 5.79. The third-order valence-electron chi connectivity index (χ3n) is 6.21. The fourth-order valence-electron chi connectivity index (χ4n) is 4.48. The Labute approximate surface area is 204 Å². The molecule has 0 aliphatic heterocycles. The Hall–Kier alpha value is -3.17. The Morgan fingerprint density at radius 3 is 2.57 bits per heavy atom. The summed E-state index contributed by atoms with van der Waals surface area (Å²) in [6, 6.07) is 11.9. The quantitative estimate of drug-likeness (QED) is 0.347. The number of alkyl halides is 3. The van der Waals surface area contributed by atoms with Gasteiger partial charge in [-0.2, -0.15) is 13.2 Å². The molecule has 0 amide bonds. The summed E-state index contributed by atoms with van der Waals surface area (Å²) in [5.74, 6) is 0.444. The number of hydrogen-bond donors (Lipinski definition) is 1. The Kier molecular flexibility index (Phi) is 6.50. The maximum atomic E-state index is 14.4. The van der Waals surface area contributed by atoms with E-state index < -0.39 is 30.2 Å². The molecule has 184 valence electrons. The number of hydrogen-bond acceptors (Lipinski definition) is 5. The summed E-state index contributed by atoms with van der Waals surface area (Å²) in [7, 11) is 1.47. The Bertz CT molecular complexity index is 1400. The number of nitrogens with zero attached hydrogens (tertiary/aromatic N) is 2.